The summed E-state index contributed by atoms with van der Waals surface area (Å²) in [5.74, 6) is 1.61. The number of aliphatic hydroxyl groups is 1. The second kappa shape index (κ2) is 11.3. The Morgan fingerprint density at radius 3 is 1.83 bits per heavy atom. The quantitative estimate of drug-likeness (QED) is 0.624. The molecular weight excluding hydrogens is 378 g/mol. The van der Waals surface area contributed by atoms with E-state index in [1.165, 1.54) is 32.1 Å². The normalized spacial score (nSPS) is 16.1. The molecule has 0 heterocycles. The van der Waals surface area contributed by atoms with E-state index in [1.807, 2.05) is 48.5 Å². The Morgan fingerprint density at radius 1 is 0.867 bits per heavy atom. The summed E-state index contributed by atoms with van der Waals surface area (Å²) in [7, 11) is 5.43. The molecule has 5 heteroatoms. The predicted octanol–water partition coefficient (Wildman–Crippen LogP) is 4.44. The lowest BCUT2D eigenvalue weighted by atomic mass is 9.94. The maximum Gasteiger partial charge on any atom is 0.118 e. The van der Waals surface area contributed by atoms with Crippen LogP contribution >= 0.6 is 0 Å². The largest absolute Gasteiger partial charge is 0.497 e. The van der Waals surface area contributed by atoms with Gasteiger partial charge >= 0.3 is 0 Å². The maximum absolute atomic E-state index is 10.7. The molecule has 1 atom stereocenters. The van der Waals surface area contributed by atoms with E-state index in [0.29, 0.717) is 12.6 Å². The van der Waals surface area contributed by atoms with Crippen molar-refractivity contribution in [2.45, 2.75) is 50.4 Å². The van der Waals surface area contributed by atoms with Gasteiger partial charge in [-0.25, -0.2) is 0 Å². The fourth-order valence-corrected chi connectivity index (χ4v) is 4.21. The van der Waals surface area contributed by atoms with Crippen LogP contribution in [0.15, 0.2) is 48.5 Å². The Bertz CT molecular complexity index is 693. The Balaban J connectivity index is 1.66. The predicted molar refractivity (Wildman–Crippen MR) is 119 cm³/mol. The second-order valence-corrected chi connectivity index (χ2v) is 8.14. The lowest BCUT2D eigenvalue weighted by Crippen LogP contribution is -2.40. The van der Waals surface area contributed by atoms with Gasteiger partial charge in [0.15, 0.2) is 0 Å². The van der Waals surface area contributed by atoms with Crippen LogP contribution in [0.4, 0.5) is 0 Å². The first-order valence-electron chi connectivity index (χ1n) is 10.9. The number of ether oxygens (including phenoxy) is 3. The summed E-state index contributed by atoms with van der Waals surface area (Å²) in [6, 6.07) is 16.3. The van der Waals surface area contributed by atoms with Crippen molar-refractivity contribution in [3.63, 3.8) is 0 Å². The Kier molecular flexibility index (Phi) is 8.55. The smallest absolute Gasteiger partial charge is 0.118 e. The third-order valence-electron chi connectivity index (χ3n) is 5.99. The van der Waals surface area contributed by atoms with Crippen LogP contribution in [0.3, 0.4) is 0 Å². The number of nitrogens with zero attached hydrogens (tertiary/aromatic N) is 1. The van der Waals surface area contributed by atoms with E-state index in [1.54, 1.807) is 14.2 Å². The molecule has 0 aliphatic heterocycles. The van der Waals surface area contributed by atoms with Crippen LogP contribution in [0.25, 0.3) is 0 Å². The van der Waals surface area contributed by atoms with Crippen LogP contribution in [0.1, 0.15) is 49.3 Å². The average molecular weight is 414 g/mol. The molecular formula is C25H35NO4. The molecule has 0 amide bonds. The van der Waals surface area contributed by atoms with Crippen molar-refractivity contribution < 1.29 is 19.3 Å². The van der Waals surface area contributed by atoms with Gasteiger partial charge in [0, 0.05) is 12.6 Å². The number of likely N-dealkylation sites (N-methyl/N-ethyl adjacent to an activating group) is 1. The molecule has 1 N–H and O–H groups in total. The highest BCUT2D eigenvalue weighted by atomic mass is 16.5. The summed E-state index contributed by atoms with van der Waals surface area (Å²) >= 11 is 0. The third-order valence-corrected chi connectivity index (χ3v) is 5.99. The van der Waals surface area contributed by atoms with Gasteiger partial charge in [-0.3, -0.25) is 0 Å². The summed E-state index contributed by atoms with van der Waals surface area (Å²) < 4.78 is 16.8. The van der Waals surface area contributed by atoms with Crippen LogP contribution in [-0.4, -0.2) is 56.6 Å². The zero-order valence-electron chi connectivity index (χ0n) is 18.4. The van der Waals surface area contributed by atoms with Gasteiger partial charge in [0.05, 0.1) is 26.9 Å². The van der Waals surface area contributed by atoms with Gasteiger partial charge in [0.2, 0.25) is 0 Å². The Morgan fingerprint density at radius 2 is 1.37 bits per heavy atom. The summed E-state index contributed by atoms with van der Waals surface area (Å²) in [4.78, 5) is 2.29. The third kappa shape index (κ3) is 6.21. The van der Waals surface area contributed by atoms with E-state index in [-0.39, 0.29) is 12.7 Å². The maximum atomic E-state index is 10.7. The second-order valence-electron chi connectivity index (χ2n) is 8.14. The Hall–Kier alpha value is -2.08. The summed E-state index contributed by atoms with van der Waals surface area (Å²) in [6.45, 7) is 0.905. The van der Waals surface area contributed by atoms with Crippen LogP contribution in [0.2, 0.25) is 0 Å². The van der Waals surface area contributed by atoms with Gasteiger partial charge in [0.1, 0.15) is 17.6 Å². The zero-order valence-corrected chi connectivity index (χ0v) is 18.4. The minimum absolute atomic E-state index is 0.267. The highest BCUT2D eigenvalue weighted by Gasteiger charge is 2.22. The molecule has 1 aliphatic rings. The van der Waals surface area contributed by atoms with Gasteiger partial charge < -0.3 is 24.2 Å². The molecule has 1 aliphatic carbocycles. The monoisotopic (exact) mass is 413 g/mol. The molecule has 3 rings (SSSR count). The van der Waals surface area contributed by atoms with Crippen LogP contribution in [0.5, 0.6) is 11.5 Å². The summed E-state index contributed by atoms with van der Waals surface area (Å²) in [5.41, 5.74) is 2.04. The number of rotatable bonds is 10. The fourth-order valence-electron chi connectivity index (χ4n) is 4.21. The summed E-state index contributed by atoms with van der Waals surface area (Å²) in [6.07, 6.45) is 5.57. The Labute approximate surface area is 180 Å². The van der Waals surface area contributed by atoms with E-state index < -0.39 is 6.10 Å². The van der Waals surface area contributed by atoms with E-state index in [4.69, 9.17) is 14.2 Å². The highest BCUT2D eigenvalue weighted by Crippen LogP contribution is 2.29. The van der Waals surface area contributed by atoms with Gasteiger partial charge in [0.25, 0.3) is 0 Å². The SMILES string of the molecule is COc1ccc(C(OC[C@H](O)CN(C)C2CCCCC2)c2ccc(OC)cc2)cc1. The van der Waals surface area contributed by atoms with Gasteiger partial charge in [-0.15, -0.1) is 0 Å². The molecule has 0 bridgehead atoms. The molecule has 0 radical (unpaired) electrons. The van der Waals surface area contributed by atoms with Crippen LogP contribution < -0.4 is 9.47 Å². The lowest BCUT2D eigenvalue weighted by molar-refractivity contribution is -0.0121. The van der Waals surface area contributed by atoms with Crippen molar-refractivity contribution in [1.82, 2.24) is 4.90 Å². The lowest BCUT2D eigenvalue weighted by Gasteiger charge is -2.32. The zero-order chi connectivity index (χ0) is 21.3. The molecule has 164 valence electrons. The summed E-state index contributed by atoms with van der Waals surface area (Å²) in [5, 5.41) is 10.7. The molecule has 0 saturated heterocycles. The van der Waals surface area contributed by atoms with E-state index in [0.717, 1.165) is 22.6 Å². The molecule has 30 heavy (non-hydrogen) atoms. The fraction of sp³-hybridized carbons (Fsp3) is 0.520. The van der Waals surface area contributed by atoms with Gasteiger partial charge in [-0.1, -0.05) is 43.5 Å². The minimum Gasteiger partial charge on any atom is -0.497 e. The molecule has 0 unspecified atom stereocenters. The number of hydrogen-bond acceptors (Lipinski definition) is 5. The van der Waals surface area contributed by atoms with Crippen LogP contribution in [-0.2, 0) is 4.74 Å². The van der Waals surface area contributed by atoms with Crippen molar-refractivity contribution in [2.24, 2.45) is 0 Å². The van der Waals surface area contributed by atoms with Crippen molar-refractivity contribution in [2.75, 3.05) is 34.4 Å². The van der Waals surface area contributed by atoms with Crippen molar-refractivity contribution in [3.05, 3.63) is 59.7 Å². The molecule has 2 aromatic carbocycles. The van der Waals surface area contributed by atoms with Gasteiger partial charge in [-0.2, -0.15) is 0 Å². The molecule has 5 nitrogen and oxygen atoms in total. The average Bonchev–Trinajstić information content (AvgIpc) is 2.80. The van der Waals surface area contributed by atoms with Crippen molar-refractivity contribution in [1.29, 1.82) is 0 Å². The minimum atomic E-state index is -0.532. The van der Waals surface area contributed by atoms with E-state index in [9.17, 15) is 5.11 Å². The number of methoxy groups -OCH3 is 2. The first kappa shape index (κ1) is 22.6. The van der Waals surface area contributed by atoms with Crippen LogP contribution in [0, 0.1) is 0 Å². The molecule has 0 spiro atoms. The standard InChI is InChI=1S/C25H35NO4/c1-26(21-7-5-4-6-8-21)17-22(27)18-30-25(19-9-13-23(28-2)14-10-19)20-11-15-24(29-3)16-12-20/h9-16,21-22,25,27H,4-8,17-18H2,1-3H3/t22-/m1/s1. The number of benzene rings is 2. The molecule has 1 fully saturated rings. The van der Waals surface area contributed by atoms with Crippen molar-refractivity contribution >= 4 is 0 Å². The number of hydrogen-bond donors (Lipinski definition) is 1. The van der Waals surface area contributed by atoms with E-state index in [2.05, 4.69) is 11.9 Å². The molecule has 1 saturated carbocycles. The molecule has 2 aromatic rings. The number of aliphatic hydroxyl groups excluding tert-OH is 1. The highest BCUT2D eigenvalue weighted by molar-refractivity contribution is 5.36. The van der Waals surface area contributed by atoms with Gasteiger partial charge in [-0.05, 0) is 55.3 Å². The first-order valence-corrected chi connectivity index (χ1v) is 10.9. The first-order chi connectivity index (χ1) is 14.6. The molecule has 0 aromatic heterocycles. The van der Waals surface area contributed by atoms with E-state index >= 15 is 0 Å². The topological polar surface area (TPSA) is 51.2 Å². The van der Waals surface area contributed by atoms with Crippen molar-refractivity contribution in [3.8, 4) is 11.5 Å².